The fourth-order valence-electron chi connectivity index (χ4n) is 0.197. The Bertz CT molecular complexity index is 111. The first-order valence-electron chi connectivity index (χ1n) is 2.03. The van der Waals surface area contributed by atoms with E-state index in [1.54, 1.807) is 6.92 Å². The van der Waals surface area contributed by atoms with Gasteiger partial charge in [-0.15, -0.1) is 11.6 Å². The van der Waals surface area contributed by atoms with Crippen LogP contribution in [0.1, 0.15) is 6.92 Å². The maximum Gasteiger partial charge on any atom is 0.169 e. The van der Waals surface area contributed by atoms with E-state index in [1.807, 2.05) is 0 Å². The van der Waals surface area contributed by atoms with Crippen molar-refractivity contribution in [3.63, 3.8) is 0 Å². The quantitative estimate of drug-likeness (QED) is 0.199. The molecule has 0 aromatic rings. The standard InChI is InChI=1S/C4H6ClNO2/c1-3(5)4(2-7)6-8/h2-3,8H,1H3/b6-4-. The fourth-order valence-corrected chi connectivity index (χ4v) is 0.292. The van der Waals surface area contributed by atoms with Gasteiger partial charge in [-0.3, -0.25) is 4.79 Å². The van der Waals surface area contributed by atoms with Crippen LogP contribution in [-0.4, -0.2) is 22.6 Å². The van der Waals surface area contributed by atoms with Gasteiger partial charge in [-0.25, -0.2) is 0 Å². The van der Waals surface area contributed by atoms with Crippen LogP contribution in [0.4, 0.5) is 0 Å². The van der Waals surface area contributed by atoms with Crippen molar-refractivity contribution in [3.05, 3.63) is 0 Å². The van der Waals surface area contributed by atoms with Crippen molar-refractivity contribution in [3.8, 4) is 0 Å². The first-order chi connectivity index (χ1) is 3.72. The molecule has 1 atom stereocenters. The molecule has 46 valence electrons. The molecule has 4 heteroatoms. The van der Waals surface area contributed by atoms with E-state index in [2.05, 4.69) is 5.16 Å². The third-order valence-corrected chi connectivity index (χ3v) is 0.867. The average molecular weight is 136 g/mol. The Morgan fingerprint density at radius 1 is 2.00 bits per heavy atom. The normalized spacial score (nSPS) is 15.5. The van der Waals surface area contributed by atoms with Crippen molar-refractivity contribution in [2.24, 2.45) is 5.16 Å². The van der Waals surface area contributed by atoms with Gasteiger partial charge in [-0.1, -0.05) is 5.16 Å². The van der Waals surface area contributed by atoms with E-state index in [0.29, 0.717) is 6.29 Å². The van der Waals surface area contributed by atoms with E-state index in [1.165, 1.54) is 0 Å². The smallest absolute Gasteiger partial charge is 0.169 e. The number of carbonyl (C=O) groups excluding carboxylic acids is 1. The second-order valence-corrected chi connectivity index (χ2v) is 1.91. The largest absolute Gasteiger partial charge is 0.411 e. The molecule has 0 aromatic heterocycles. The fraction of sp³-hybridized carbons (Fsp3) is 0.500. The Hall–Kier alpha value is -0.570. The minimum Gasteiger partial charge on any atom is -0.411 e. The molecule has 0 radical (unpaired) electrons. The van der Waals surface area contributed by atoms with Gasteiger partial charge in [0.05, 0.1) is 5.38 Å². The summed E-state index contributed by atoms with van der Waals surface area (Å²) in [7, 11) is 0. The molecular weight excluding hydrogens is 130 g/mol. The molecule has 0 aliphatic heterocycles. The van der Waals surface area contributed by atoms with Crippen molar-refractivity contribution in [2.75, 3.05) is 0 Å². The van der Waals surface area contributed by atoms with E-state index in [4.69, 9.17) is 16.8 Å². The first kappa shape index (κ1) is 7.43. The predicted molar refractivity (Wildman–Crippen MR) is 30.6 cm³/mol. The summed E-state index contributed by atoms with van der Waals surface area (Å²) in [5.41, 5.74) is -0.0494. The van der Waals surface area contributed by atoms with Crippen LogP contribution >= 0.6 is 11.6 Å². The van der Waals surface area contributed by atoms with Gasteiger partial charge in [0.15, 0.2) is 6.29 Å². The van der Waals surface area contributed by atoms with E-state index in [9.17, 15) is 4.79 Å². The zero-order valence-electron chi connectivity index (χ0n) is 4.34. The van der Waals surface area contributed by atoms with Crippen molar-refractivity contribution < 1.29 is 10.0 Å². The van der Waals surface area contributed by atoms with Gasteiger partial charge < -0.3 is 5.21 Å². The SMILES string of the molecule is CC(Cl)/C(C=O)=N\O. The van der Waals surface area contributed by atoms with Crippen LogP contribution in [0.15, 0.2) is 5.16 Å². The third kappa shape index (κ3) is 1.93. The van der Waals surface area contributed by atoms with Crippen LogP contribution < -0.4 is 0 Å². The van der Waals surface area contributed by atoms with Gasteiger partial charge in [0, 0.05) is 0 Å². The van der Waals surface area contributed by atoms with E-state index in [-0.39, 0.29) is 5.71 Å². The summed E-state index contributed by atoms with van der Waals surface area (Å²) in [5, 5.41) is 10.1. The van der Waals surface area contributed by atoms with Crippen LogP contribution in [0.5, 0.6) is 0 Å². The molecule has 0 saturated carbocycles. The lowest BCUT2D eigenvalue weighted by Crippen LogP contribution is -2.11. The highest BCUT2D eigenvalue weighted by atomic mass is 35.5. The topological polar surface area (TPSA) is 49.7 Å². The molecule has 3 nitrogen and oxygen atoms in total. The summed E-state index contributed by atoms with van der Waals surface area (Å²) in [6.07, 6.45) is 0.414. The Balaban J connectivity index is 3.91. The molecule has 0 spiro atoms. The average Bonchev–Trinajstić information content (AvgIpc) is 1.69. The summed E-state index contributed by atoms with van der Waals surface area (Å²) >= 11 is 5.32. The van der Waals surface area contributed by atoms with E-state index < -0.39 is 5.38 Å². The summed E-state index contributed by atoms with van der Waals surface area (Å²) in [4.78, 5) is 9.80. The number of hydrogen-bond donors (Lipinski definition) is 1. The van der Waals surface area contributed by atoms with Crippen LogP contribution in [0.25, 0.3) is 0 Å². The lowest BCUT2D eigenvalue weighted by Gasteiger charge is -1.93. The Kier molecular flexibility index (Phi) is 3.19. The molecule has 0 fully saturated rings. The monoisotopic (exact) mass is 135 g/mol. The minimum atomic E-state index is -0.516. The summed E-state index contributed by atoms with van der Waals surface area (Å²) in [6, 6.07) is 0. The third-order valence-electron chi connectivity index (χ3n) is 0.644. The summed E-state index contributed by atoms with van der Waals surface area (Å²) < 4.78 is 0. The van der Waals surface area contributed by atoms with Crippen LogP contribution in [0.3, 0.4) is 0 Å². The predicted octanol–water partition coefficient (Wildman–Crippen LogP) is 0.643. The molecular formula is C4H6ClNO2. The molecule has 0 saturated heterocycles. The van der Waals surface area contributed by atoms with Gasteiger partial charge >= 0.3 is 0 Å². The molecule has 8 heavy (non-hydrogen) atoms. The molecule has 0 rings (SSSR count). The number of rotatable bonds is 2. The highest BCUT2D eigenvalue weighted by Crippen LogP contribution is 1.93. The Morgan fingerprint density at radius 3 is 2.50 bits per heavy atom. The van der Waals surface area contributed by atoms with Gasteiger partial charge in [0.2, 0.25) is 0 Å². The molecule has 0 aromatic carbocycles. The summed E-state index contributed by atoms with van der Waals surface area (Å²) in [6.45, 7) is 1.55. The second kappa shape index (κ2) is 3.43. The van der Waals surface area contributed by atoms with Gasteiger partial charge in [0.1, 0.15) is 5.71 Å². The molecule has 0 aliphatic carbocycles. The number of halogens is 1. The van der Waals surface area contributed by atoms with Crippen LogP contribution in [0, 0.1) is 0 Å². The highest BCUT2D eigenvalue weighted by molar-refractivity contribution is 6.44. The van der Waals surface area contributed by atoms with Gasteiger partial charge in [-0.2, -0.15) is 0 Å². The van der Waals surface area contributed by atoms with Crippen molar-refractivity contribution in [1.82, 2.24) is 0 Å². The number of oxime groups is 1. The minimum absolute atomic E-state index is 0.0494. The van der Waals surface area contributed by atoms with Crippen LogP contribution in [-0.2, 0) is 4.79 Å². The lowest BCUT2D eigenvalue weighted by molar-refractivity contribution is -0.102. The molecule has 0 amide bonds. The molecule has 0 aliphatic rings. The molecule has 1 unspecified atom stereocenters. The van der Waals surface area contributed by atoms with Crippen molar-refractivity contribution in [1.29, 1.82) is 0 Å². The molecule has 0 heterocycles. The number of alkyl halides is 1. The second-order valence-electron chi connectivity index (χ2n) is 1.26. The zero-order valence-corrected chi connectivity index (χ0v) is 5.09. The van der Waals surface area contributed by atoms with Crippen molar-refractivity contribution in [2.45, 2.75) is 12.3 Å². The Labute approximate surface area is 51.9 Å². The van der Waals surface area contributed by atoms with Gasteiger partial charge in [-0.05, 0) is 6.92 Å². The number of aldehydes is 1. The maximum atomic E-state index is 9.80. The lowest BCUT2D eigenvalue weighted by atomic mass is 10.3. The highest BCUT2D eigenvalue weighted by Gasteiger charge is 2.03. The van der Waals surface area contributed by atoms with Crippen LogP contribution in [0.2, 0.25) is 0 Å². The molecule has 0 bridgehead atoms. The van der Waals surface area contributed by atoms with E-state index >= 15 is 0 Å². The number of carbonyl (C=O) groups is 1. The van der Waals surface area contributed by atoms with Crippen molar-refractivity contribution >= 4 is 23.6 Å². The summed E-state index contributed by atoms with van der Waals surface area (Å²) in [5.74, 6) is 0. The Morgan fingerprint density at radius 2 is 2.50 bits per heavy atom. The van der Waals surface area contributed by atoms with Gasteiger partial charge in [0.25, 0.3) is 0 Å². The number of nitrogens with zero attached hydrogens (tertiary/aromatic N) is 1. The van der Waals surface area contributed by atoms with E-state index in [0.717, 1.165) is 0 Å². The molecule has 1 N–H and O–H groups in total. The maximum absolute atomic E-state index is 9.80. The zero-order chi connectivity index (χ0) is 6.57. The number of hydrogen-bond acceptors (Lipinski definition) is 3. The first-order valence-corrected chi connectivity index (χ1v) is 2.47.